The SMILES string of the molecule is O=C1NCC2=C(C=CCC2)N1. The van der Waals surface area contributed by atoms with Gasteiger partial charge in [-0.15, -0.1) is 0 Å². The maximum Gasteiger partial charge on any atom is 0.319 e. The van der Waals surface area contributed by atoms with Crippen molar-refractivity contribution in [2.24, 2.45) is 0 Å². The molecule has 0 spiro atoms. The predicted octanol–water partition coefficient (Wildman–Crippen LogP) is 0.903. The minimum Gasteiger partial charge on any atom is -0.334 e. The summed E-state index contributed by atoms with van der Waals surface area (Å²) in [5.74, 6) is 0. The van der Waals surface area contributed by atoms with Crippen LogP contribution in [0.4, 0.5) is 4.79 Å². The zero-order chi connectivity index (χ0) is 7.68. The molecule has 3 heteroatoms. The minimum absolute atomic E-state index is 0.0877. The van der Waals surface area contributed by atoms with Crippen molar-refractivity contribution in [3.05, 3.63) is 23.4 Å². The predicted molar refractivity (Wildman–Crippen MR) is 41.9 cm³/mol. The molecule has 0 bridgehead atoms. The second-order valence-corrected chi connectivity index (χ2v) is 2.77. The largest absolute Gasteiger partial charge is 0.334 e. The molecule has 1 aliphatic carbocycles. The Kier molecular flexibility index (Phi) is 1.42. The first kappa shape index (κ1) is 6.46. The molecule has 0 fully saturated rings. The molecule has 1 aliphatic heterocycles. The zero-order valence-corrected chi connectivity index (χ0v) is 6.18. The fourth-order valence-electron chi connectivity index (χ4n) is 1.38. The zero-order valence-electron chi connectivity index (χ0n) is 6.18. The van der Waals surface area contributed by atoms with Crippen molar-refractivity contribution in [1.29, 1.82) is 0 Å². The molecule has 3 nitrogen and oxygen atoms in total. The van der Waals surface area contributed by atoms with Crippen LogP contribution in [0.5, 0.6) is 0 Å². The molecule has 0 unspecified atom stereocenters. The number of carbonyl (C=O) groups excluding carboxylic acids is 1. The van der Waals surface area contributed by atoms with Crippen LogP contribution in [0, 0.1) is 0 Å². The van der Waals surface area contributed by atoms with Crippen molar-refractivity contribution < 1.29 is 4.79 Å². The highest BCUT2D eigenvalue weighted by molar-refractivity contribution is 5.78. The van der Waals surface area contributed by atoms with E-state index in [1.165, 1.54) is 5.57 Å². The van der Waals surface area contributed by atoms with Crippen LogP contribution in [0.15, 0.2) is 23.4 Å². The molecule has 58 valence electrons. The van der Waals surface area contributed by atoms with Crippen LogP contribution >= 0.6 is 0 Å². The van der Waals surface area contributed by atoms with Crippen LogP contribution in [0.3, 0.4) is 0 Å². The van der Waals surface area contributed by atoms with E-state index in [9.17, 15) is 4.79 Å². The number of amides is 2. The van der Waals surface area contributed by atoms with E-state index >= 15 is 0 Å². The van der Waals surface area contributed by atoms with Gasteiger partial charge in [-0.05, 0) is 24.5 Å². The maximum atomic E-state index is 10.8. The summed E-state index contributed by atoms with van der Waals surface area (Å²) in [6.07, 6.45) is 6.23. The monoisotopic (exact) mass is 150 g/mol. The quantitative estimate of drug-likeness (QED) is 0.529. The van der Waals surface area contributed by atoms with Gasteiger partial charge in [-0.1, -0.05) is 6.08 Å². The molecule has 0 aromatic rings. The lowest BCUT2D eigenvalue weighted by atomic mass is 10.0. The molecule has 0 atom stereocenters. The van der Waals surface area contributed by atoms with Crippen LogP contribution in [0.1, 0.15) is 12.8 Å². The molecule has 2 N–H and O–H groups in total. The number of hydrogen-bond acceptors (Lipinski definition) is 1. The van der Waals surface area contributed by atoms with Crippen molar-refractivity contribution in [3.8, 4) is 0 Å². The van der Waals surface area contributed by atoms with Gasteiger partial charge < -0.3 is 10.6 Å². The van der Waals surface area contributed by atoms with E-state index in [4.69, 9.17) is 0 Å². The number of rotatable bonds is 0. The number of nitrogens with one attached hydrogen (secondary N) is 2. The molecule has 2 aliphatic rings. The summed E-state index contributed by atoms with van der Waals surface area (Å²) in [5, 5.41) is 5.50. The van der Waals surface area contributed by atoms with Crippen molar-refractivity contribution in [2.75, 3.05) is 6.54 Å². The van der Waals surface area contributed by atoms with Crippen molar-refractivity contribution in [2.45, 2.75) is 12.8 Å². The van der Waals surface area contributed by atoms with Gasteiger partial charge in [0, 0.05) is 12.2 Å². The van der Waals surface area contributed by atoms with Crippen LogP contribution < -0.4 is 10.6 Å². The third kappa shape index (κ3) is 1.13. The number of urea groups is 1. The summed E-state index contributed by atoms with van der Waals surface area (Å²) in [6.45, 7) is 0.714. The molecule has 2 rings (SSSR count). The molecule has 0 radical (unpaired) electrons. The molecule has 0 aromatic heterocycles. The molecular weight excluding hydrogens is 140 g/mol. The summed E-state index contributed by atoms with van der Waals surface area (Å²) in [4.78, 5) is 10.8. The lowest BCUT2D eigenvalue weighted by Crippen LogP contribution is -2.41. The van der Waals surface area contributed by atoms with E-state index in [0.29, 0.717) is 6.54 Å². The first-order chi connectivity index (χ1) is 5.36. The van der Waals surface area contributed by atoms with Gasteiger partial charge in [-0.25, -0.2) is 4.79 Å². The minimum atomic E-state index is -0.0877. The van der Waals surface area contributed by atoms with E-state index in [-0.39, 0.29) is 6.03 Å². The van der Waals surface area contributed by atoms with Crippen molar-refractivity contribution in [3.63, 3.8) is 0 Å². The van der Waals surface area contributed by atoms with Gasteiger partial charge in [-0.3, -0.25) is 0 Å². The highest BCUT2D eigenvalue weighted by atomic mass is 16.2. The molecule has 1 heterocycles. The molecule has 0 saturated heterocycles. The molecule has 2 amide bonds. The standard InChI is InChI=1S/C8H10N2O/c11-8-9-5-6-3-1-2-4-7(6)10-8/h2,4H,1,3,5H2,(H2,9,10,11). The third-order valence-corrected chi connectivity index (χ3v) is 1.99. The Morgan fingerprint density at radius 1 is 1.45 bits per heavy atom. The number of hydrogen-bond donors (Lipinski definition) is 2. The topological polar surface area (TPSA) is 41.1 Å². The number of allylic oxidation sites excluding steroid dienone is 2. The Bertz CT molecular complexity index is 253. The van der Waals surface area contributed by atoms with E-state index in [0.717, 1.165) is 18.5 Å². The second-order valence-electron chi connectivity index (χ2n) is 2.77. The van der Waals surface area contributed by atoms with Gasteiger partial charge in [0.1, 0.15) is 0 Å². The fourth-order valence-corrected chi connectivity index (χ4v) is 1.38. The Hall–Kier alpha value is -1.25. The maximum absolute atomic E-state index is 10.8. The Morgan fingerprint density at radius 2 is 2.36 bits per heavy atom. The van der Waals surface area contributed by atoms with Gasteiger partial charge >= 0.3 is 6.03 Å². The summed E-state index contributed by atoms with van der Waals surface area (Å²) in [5.41, 5.74) is 2.31. The smallest absolute Gasteiger partial charge is 0.319 e. The summed E-state index contributed by atoms with van der Waals surface area (Å²) >= 11 is 0. The highest BCUT2D eigenvalue weighted by Crippen LogP contribution is 2.17. The first-order valence-corrected chi connectivity index (χ1v) is 3.80. The van der Waals surface area contributed by atoms with Crippen molar-refractivity contribution in [1.82, 2.24) is 10.6 Å². The van der Waals surface area contributed by atoms with Crippen LogP contribution in [0.2, 0.25) is 0 Å². The Labute approximate surface area is 65.2 Å². The van der Waals surface area contributed by atoms with Crippen LogP contribution in [0.25, 0.3) is 0 Å². The lowest BCUT2D eigenvalue weighted by molar-refractivity contribution is 0.242. The van der Waals surface area contributed by atoms with Gasteiger partial charge in [0.25, 0.3) is 0 Å². The molecule has 0 aromatic carbocycles. The Balaban J connectivity index is 2.26. The van der Waals surface area contributed by atoms with Crippen LogP contribution in [-0.2, 0) is 0 Å². The van der Waals surface area contributed by atoms with Gasteiger partial charge in [0.15, 0.2) is 0 Å². The van der Waals surface area contributed by atoms with E-state index in [1.807, 2.05) is 6.08 Å². The van der Waals surface area contributed by atoms with E-state index < -0.39 is 0 Å². The summed E-state index contributed by atoms with van der Waals surface area (Å²) in [7, 11) is 0. The van der Waals surface area contributed by atoms with E-state index in [2.05, 4.69) is 16.7 Å². The first-order valence-electron chi connectivity index (χ1n) is 3.80. The van der Waals surface area contributed by atoms with E-state index in [1.54, 1.807) is 0 Å². The fraction of sp³-hybridized carbons (Fsp3) is 0.375. The van der Waals surface area contributed by atoms with Gasteiger partial charge in [0.2, 0.25) is 0 Å². The summed E-state index contributed by atoms with van der Waals surface area (Å²) < 4.78 is 0. The average molecular weight is 150 g/mol. The molecular formula is C8H10N2O. The van der Waals surface area contributed by atoms with Gasteiger partial charge in [0.05, 0.1) is 0 Å². The lowest BCUT2D eigenvalue weighted by Gasteiger charge is -2.22. The third-order valence-electron chi connectivity index (χ3n) is 1.99. The van der Waals surface area contributed by atoms with Crippen molar-refractivity contribution >= 4 is 6.03 Å². The van der Waals surface area contributed by atoms with Gasteiger partial charge in [-0.2, -0.15) is 0 Å². The van der Waals surface area contributed by atoms with Crippen LogP contribution in [-0.4, -0.2) is 12.6 Å². The molecule has 0 saturated carbocycles. The summed E-state index contributed by atoms with van der Waals surface area (Å²) in [6, 6.07) is -0.0877. The molecule has 11 heavy (non-hydrogen) atoms. The normalized spacial score (nSPS) is 22.4. The highest BCUT2D eigenvalue weighted by Gasteiger charge is 2.15. The number of carbonyl (C=O) groups is 1. The second kappa shape index (κ2) is 2.42. The Morgan fingerprint density at radius 3 is 3.27 bits per heavy atom. The average Bonchev–Trinajstić information content (AvgIpc) is 2.04.